The lowest BCUT2D eigenvalue weighted by atomic mass is 9.99. The number of hydrogen-bond acceptors (Lipinski definition) is 2. The molecular formula is C24H27N2O2+. The molecule has 4 heteroatoms. The van der Waals surface area contributed by atoms with Gasteiger partial charge in [-0.2, -0.15) is 0 Å². The lowest BCUT2D eigenvalue weighted by molar-refractivity contribution is -0.885. The quantitative estimate of drug-likeness (QED) is 0.636. The zero-order valence-electron chi connectivity index (χ0n) is 16.4. The van der Waals surface area contributed by atoms with Crippen molar-refractivity contribution in [3.05, 3.63) is 102 Å². The van der Waals surface area contributed by atoms with E-state index in [4.69, 9.17) is 4.74 Å². The number of amides is 1. The molecule has 4 nitrogen and oxygen atoms in total. The first-order chi connectivity index (χ1) is 13.7. The summed E-state index contributed by atoms with van der Waals surface area (Å²) in [5, 5.41) is 3.20. The third-order valence-electron chi connectivity index (χ3n) is 4.67. The van der Waals surface area contributed by atoms with Crippen LogP contribution in [0.4, 0.5) is 0 Å². The van der Waals surface area contributed by atoms with Crippen LogP contribution in [0.1, 0.15) is 22.7 Å². The molecule has 0 bridgehead atoms. The highest BCUT2D eigenvalue weighted by molar-refractivity contribution is 5.77. The Morgan fingerprint density at radius 3 is 2.11 bits per heavy atom. The first-order valence-corrected chi connectivity index (χ1v) is 9.49. The molecule has 0 saturated heterocycles. The van der Waals surface area contributed by atoms with Gasteiger partial charge in [0, 0.05) is 5.56 Å². The van der Waals surface area contributed by atoms with Crippen molar-refractivity contribution in [3.8, 4) is 5.75 Å². The molecule has 1 atom stereocenters. The zero-order chi connectivity index (χ0) is 19.8. The summed E-state index contributed by atoms with van der Waals surface area (Å²) in [6, 6.07) is 28.0. The van der Waals surface area contributed by atoms with Crippen molar-refractivity contribution in [1.82, 2.24) is 5.32 Å². The van der Waals surface area contributed by atoms with Crippen molar-refractivity contribution in [1.29, 1.82) is 0 Å². The summed E-state index contributed by atoms with van der Waals surface area (Å²) in [6.45, 7) is 1.15. The van der Waals surface area contributed by atoms with Crippen LogP contribution in [0.5, 0.6) is 5.75 Å². The number of rotatable bonds is 8. The van der Waals surface area contributed by atoms with Crippen LogP contribution in [-0.2, 0) is 11.3 Å². The Hall–Kier alpha value is -3.11. The summed E-state index contributed by atoms with van der Waals surface area (Å²) in [5.74, 6) is 0.862. The van der Waals surface area contributed by atoms with Gasteiger partial charge in [0.05, 0.1) is 20.2 Å². The van der Waals surface area contributed by atoms with Crippen LogP contribution in [0.15, 0.2) is 84.9 Å². The van der Waals surface area contributed by atoms with Crippen molar-refractivity contribution in [2.75, 3.05) is 20.7 Å². The number of carbonyl (C=O) groups is 1. The van der Waals surface area contributed by atoms with Gasteiger partial charge >= 0.3 is 0 Å². The maximum atomic E-state index is 12.8. The van der Waals surface area contributed by atoms with E-state index in [0.29, 0.717) is 6.54 Å². The Labute approximate surface area is 166 Å². The second kappa shape index (κ2) is 9.72. The van der Waals surface area contributed by atoms with Gasteiger partial charge in [-0.25, -0.2) is 0 Å². The molecule has 0 fully saturated rings. The van der Waals surface area contributed by atoms with Crippen molar-refractivity contribution in [3.63, 3.8) is 0 Å². The molecule has 28 heavy (non-hydrogen) atoms. The van der Waals surface area contributed by atoms with Gasteiger partial charge in [0.1, 0.15) is 12.3 Å². The minimum Gasteiger partial charge on any atom is -0.497 e. The molecule has 0 aliphatic rings. The molecule has 2 N–H and O–H groups in total. The average Bonchev–Trinajstić information content (AvgIpc) is 2.73. The molecule has 3 rings (SSSR count). The smallest absolute Gasteiger partial charge is 0.275 e. The van der Waals surface area contributed by atoms with Gasteiger partial charge in [0.25, 0.3) is 5.91 Å². The number of hydrogen-bond donors (Lipinski definition) is 2. The van der Waals surface area contributed by atoms with E-state index in [-0.39, 0.29) is 11.9 Å². The van der Waals surface area contributed by atoms with E-state index in [9.17, 15) is 4.79 Å². The molecule has 0 saturated carbocycles. The summed E-state index contributed by atoms with van der Waals surface area (Å²) in [7, 11) is 3.69. The highest BCUT2D eigenvalue weighted by Crippen LogP contribution is 2.21. The van der Waals surface area contributed by atoms with E-state index in [0.717, 1.165) is 33.9 Å². The van der Waals surface area contributed by atoms with Gasteiger partial charge < -0.3 is 15.0 Å². The highest BCUT2D eigenvalue weighted by Gasteiger charge is 2.19. The summed E-state index contributed by atoms with van der Waals surface area (Å²) < 4.78 is 5.28. The minimum absolute atomic E-state index is 0.0260. The van der Waals surface area contributed by atoms with Crippen LogP contribution in [0, 0.1) is 0 Å². The minimum atomic E-state index is -0.153. The Balaban J connectivity index is 1.66. The fourth-order valence-corrected chi connectivity index (χ4v) is 3.33. The van der Waals surface area contributed by atoms with Gasteiger partial charge in [-0.1, -0.05) is 72.8 Å². The predicted molar refractivity (Wildman–Crippen MR) is 111 cm³/mol. The second-order valence-electron chi connectivity index (χ2n) is 6.98. The number of benzene rings is 3. The standard InChI is InChI=1S/C24H26N2O2/c1-26(17-19-10-9-15-22(16-19)28-2)18-23(27)25-24(20-11-5-3-6-12-20)21-13-7-4-8-14-21/h3-16,24H,17-18H2,1-2H3,(H,25,27)/p+1. The van der Waals surface area contributed by atoms with Crippen LogP contribution in [0.3, 0.4) is 0 Å². The van der Waals surface area contributed by atoms with Crippen LogP contribution in [0.25, 0.3) is 0 Å². The van der Waals surface area contributed by atoms with Gasteiger partial charge in [0.2, 0.25) is 0 Å². The molecule has 3 aromatic carbocycles. The monoisotopic (exact) mass is 375 g/mol. The Bertz CT molecular complexity index is 842. The lowest BCUT2D eigenvalue weighted by Crippen LogP contribution is -3.08. The van der Waals surface area contributed by atoms with E-state index < -0.39 is 0 Å². The Morgan fingerprint density at radius 2 is 1.54 bits per heavy atom. The van der Waals surface area contributed by atoms with E-state index in [2.05, 4.69) is 11.4 Å². The fourth-order valence-electron chi connectivity index (χ4n) is 3.33. The van der Waals surface area contributed by atoms with E-state index in [1.807, 2.05) is 85.9 Å². The fraction of sp³-hybridized carbons (Fsp3) is 0.208. The molecule has 0 aliphatic heterocycles. The maximum Gasteiger partial charge on any atom is 0.275 e. The summed E-state index contributed by atoms with van der Waals surface area (Å²) in [6.07, 6.45) is 0. The lowest BCUT2D eigenvalue weighted by Gasteiger charge is -2.21. The second-order valence-corrected chi connectivity index (χ2v) is 6.98. The Kier molecular flexibility index (Phi) is 6.82. The first kappa shape index (κ1) is 19.6. The molecule has 0 heterocycles. The van der Waals surface area contributed by atoms with Crippen molar-refractivity contribution >= 4 is 5.91 Å². The largest absolute Gasteiger partial charge is 0.497 e. The Morgan fingerprint density at radius 1 is 0.929 bits per heavy atom. The maximum absolute atomic E-state index is 12.8. The number of nitrogens with one attached hydrogen (secondary N) is 2. The number of quaternary nitrogens is 1. The SMILES string of the molecule is COc1cccc(C[NH+](C)CC(=O)NC(c2ccccc2)c2ccccc2)c1. The molecule has 0 aromatic heterocycles. The summed E-state index contributed by atoms with van der Waals surface area (Å²) >= 11 is 0. The van der Waals surface area contributed by atoms with Crippen LogP contribution < -0.4 is 15.0 Å². The topological polar surface area (TPSA) is 42.8 Å². The van der Waals surface area contributed by atoms with Gasteiger partial charge in [0.15, 0.2) is 6.54 Å². The summed E-state index contributed by atoms with van der Waals surface area (Å²) in [4.78, 5) is 13.9. The van der Waals surface area contributed by atoms with Gasteiger partial charge in [-0.05, 0) is 23.3 Å². The number of likely N-dealkylation sites (N-methyl/N-ethyl adjacent to an activating group) is 1. The molecule has 1 amide bonds. The van der Waals surface area contributed by atoms with E-state index >= 15 is 0 Å². The van der Waals surface area contributed by atoms with Gasteiger partial charge in [-0.3, -0.25) is 4.79 Å². The molecular weight excluding hydrogens is 348 g/mol. The molecule has 0 aliphatic carbocycles. The first-order valence-electron chi connectivity index (χ1n) is 9.49. The molecule has 3 aromatic rings. The van der Waals surface area contributed by atoms with Crippen molar-refractivity contribution in [2.45, 2.75) is 12.6 Å². The molecule has 0 spiro atoms. The normalized spacial score (nSPS) is 11.8. The highest BCUT2D eigenvalue weighted by atomic mass is 16.5. The van der Waals surface area contributed by atoms with Crippen LogP contribution >= 0.6 is 0 Å². The molecule has 0 radical (unpaired) electrons. The van der Waals surface area contributed by atoms with Crippen LogP contribution in [-0.4, -0.2) is 26.6 Å². The molecule has 144 valence electrons. The number of carbonyl (C=O) groups excluding carboxylic acids is 1. The average molecular weight is 375 g/mol. The number of methoxy groups -OCH3 is 1. The third-order valence-corrected chi connectivity index (χ3v) is 4.67. The summed E-state index contributed by atoms with van der Waals surface area (Å²) in [5.41, 5.74) is 3.30. The number of ether oxygens (including phenoxy) is 1. The van der Waals surface area contributed by atoms with E-state index in [1.165, 1.54) is 0 Å². The van der Waals surface area contributed by atoms with Crippen molar-refractivity contribution in [2.24, 2.45) is 0 Å². The van der Waals surface area contributed by atoms with E-state index in [1.54, 1.807) is 7.11 Å². The van der Waals surface area contributed by atoms with Crippen molar-refractivity contribution < 1.29 is 14.4 Å². The predicted octanol–water partition coefficient (Wildman–Crippen LogP) is 2.62. The van der Waals surface area contributed by atoms with Gasteiger partial charge in [-0.15, -0.1) is 0 Å². The van der Waals surface area contributed by atoms with Crippen LogP contribution in [0.2, 0.25) is 0 Å². The zero-order valence-corrected chi connectivity index (χ0v) is 16.4. The third kappa shape index (κ3) is 5.44. The molecule has 1 unspecified atom stereocenters.